The predicted molar refractivity (Wildman–Crippen MR) is 471 cm³/mol. The maximum absolute atomic E-state index is 3.71. The van der Waals surface area contributed by atoms with Crippen LogP contribution in [0.15, 0.2) is 458 Å². The minimum atomic E-state index is -0.627. The summed E-state index contributed by atoms with van der Waals surface area (Å²) >= 11 is 7.42. The van der Waals surface area contributed by atoms with Crippen LogP contribution in [0.2, 0.25) is 0 Å². The molecule has 0 bridgehead atoms. The molecule has 17 aromatic carbocycles. The Balaban J connectivity index is 0.000000159. The normalized spacial score (nSPS) is 12.2. The molecular formula is C106H80Br2N2. The lowest BCUT2D eigenvalue weighted by molar-refractivity contribution is 0.767. The number of hydrogen-bond donors (Lipinski definition) is 0. The topological polar surface area (TPSA) is 6.48 Å². The lowest BCUT2D eigenvalue weighted by Gasteiger charge is -2.35. The van der Waals surface area contributed by atoms with E-state index in [2.05, 4.69) is 485 Å². The molecule has 0 radical (unpaired) electrons. The average Bonchev–Trinajstić information content (AvgIpc) is 1.54. The number of benzene rings is 17. The van der Waals surface area contributed by atoms with E-state index in [4.69, 9.17) is 0 Å². The molecule has 0 aromatic heterocycles. The molecule has 528 valence electrons. The summed E-state index contributed by atoms with van der Waals surface area (Å²) in [7, 11) is 0. The fraction of sp³-hybridized carbons (Fsp3) is 0.0377. The maximum atomic E-state index is 3.71. The van der Waals surface area contributed by atoms with Crippen molar-refractivity contribution in [3.63, 3.8) is 0 Å². The Kier molecular flexibility index (Phi) is 21.1. The van der Waals surface area contributed by atoms with Crippen molar-refractivity contribution in [2.75, 3.05) is 9.80 Å². The van der Waals surface area contributed by atoms with Gasteiger partial charge < -0.3 is 9.80 Å². The number of para-hydroxylation sites is 2. The van der Waals surface area contributed by atoms with Gasteiger partial charge in [0.15, 0.2) is 0 Å². The Morgan fingerprint density at radius 1 is 0.191 bits per heavy atom. The van der Waals surface area contributed by atoms with Gasteiger partial charge in [0.25, 0.3) is 0 Å². The van der Waals surface area contributed by atoms with Crippen LogP contribution in [0.25, 0.3) is 55.6 Å². The Bertz CT molecular complexity index is 5580. The Morgan fingerprint density at radius 3 is 0.718 bits per heavy atom. The monoisotopic (exact) mass is 1540 g/mol. The van der Waals surface area contributed by atoms with Gasteiger partial charge in [-0.3, -0.25) is 0 Å². The largest absolute Gasteiger partial charge is 0.310 e. The van der Waals surface area contributed by atoms with Gasteiger partial charge in [0.1, 0.15) is 0 Å². The zero-order valence-corrected chi connectivity index (χ0v) is 63.3. The van der Waals surface area contributed by atoms with Crippen molar-refractivity contribution in [3.05, 3.63) is 513 Å². The number of fused-ring (bicyclic) bond motifs is 6. The van der Waals surface area contributed by atoms with Crippen molar-refractivity contribution in [2.24, 2.45) is 0 Å². The zero-order chi connectivity index (χ0) is 73.4. The molecule has 0 aliphatic heterocycles. The van der Waals surface area contributed by atoms with E-state index in [1.54, 1.807) is 0 Å². The van der Waals surface area contributed by atoms with E-state index in [0.717, 1.165) is 49.5 Å². The second kappa shape index (κ2) is 32.4. The predicted octanol–water partition coefficient (Wildman–Crippen LogP) is 29.5. The minimum absolute atomic E-state index is 0. The van der Waals surface area contributed by atoms with E-state index in [9.17, 15) is 0 Å². The summed E-state index contributed by atoms with van der Waals surface area (Å²) in [6.07, 6.45) is 0.996. The number of anilines is 6. The lowest BCUT2D eigenvalue weighted by atomic mass is 9.67. The highest BCUT2D eigenvalue weighted by atomic mass is 79.9. The zero-order valence-electron chi connectivity index (χ0n) is 60.1. The Labute approximate surface area is 664 Å². The summed E-state index contributed by atoms with van der Waals surface area (Å²) in [5, 5.41) is 0. The number of nitrogens with zero attached hydrogens (tertiary/aromatic N) is 2. The van der Waals surface area contributed by atoms with Crippen molar-refractivity contribution < 1.29 is 0 Å². The highest BCUT2D eigenvalue weighted by Gasteiger charge is 2.48. The second-order valence-electron chi connectivity index (χ2n) is 27.7. The van der Waals surface area contributed by atoms with Crippen molar-refractivity contribution in [3.8, 4) is 55.6 Å². The highest BCUT2D eigenvalue weighted by molar-refractivity contribution is 9.10. The third kappa shape index (κ3) is 14.1. The van der Waals surface area contributed by atoms with Gasteiger partial charge >= 0.3 is 0 Å². The van der Waals surface area contributed by atoms with E-state index < -0.39 is 5.41 Å². The molecule has 0 saturated heterocycles. The standard InChI is InChI=1S/C61H44N2.C25H16Br2.C19H16.CH4/c1-7-19-45(20-8-1)47-31-35-53(36-32-47)62(51-27-15-5-16-28-51)55-39-41-57-58-42-40-56(44-60(58)61(59(57)43-55,49-23-11-3-12-24-49)50-25-13-4-14-26-50)63(52-29-17-6-18-30-52)54-37-33-48(34-38-54)46-21-9-2-10-22-46;26-19-11-13-21-22-14-12-20(27)16-24(22)25(23(21)15-19,17-7-3-1-4-8-17)18-9-5-2-6-10-18;1-3-7-16(8-4-1)15-17-11-13-19(14-12-17)18-9-5-2-6-10-18;/h1-44H;1-16H;1-14H,15H2;1H4. The van der Waals surface area contributed by atoms with Crippen LogP contribution in [0.1, 0.15) is 63.1 Å². The van der Waals surface area contributed by atoms with Crippen LogP contribution < -0.4 is 9.80 Å². The van der Waals surface area contributed by atoms with Crippen LogP contribution in [-0.2, 0) is 17.3 Å². The molecule has 0 amide bonds. The quantitative estimate of drug-likeness (QED) is 0.101. The molecule has 17 aromatic rings. The number of hydrogen-bond acceptors (Lipinski definition) is 2. The smallest absolute Gasteiger partial charge is 0.0715 e. The molecule has 19 rings (SSSR count). The van der Waals surface area contributed by atoms with E-state index in [1.807, 2.05) is 6.07 Å². The molecule has 0 saturated carbocycles. The van der Waals surface area contributed by atoms with Gasteiger partial charge in [0.05, 0.1) is 10.8 Å². The van der Waals surface area contributed by atoms with Crippen LogP contribution >= 0.6 is 31.9 Å². The van der Waals surface area contributed by atoms with Crippen molar-refractivity contribution in [1.82, 2.24) is 0 Å². The molecule has 4 heteroatoms. The Morgan fingerprint density at radius 2 is 0.409 bits per heavy atom. The molecular weight excluding hydrogens is 1460 g/mol. The number of halogens is 2. The molecule has 0 heterocycles. The van der Waals surface area contributed by atoms with Crippen molar-refractivity contribution >= 4 is 66.0 Å². The van der Waals surface area contributed by atoms with Crippen LogP contribution in [0, 0.1) is 0 Å². The molecule has 2 aliphatic carbocycles. The molecule has 0 atom stereocenters. The second-order valence-corrected chi connectivity index (χ2v) is 29.5. The Hall–Kier alpha value is -12.7. The van der Waals surface area contributed by atoms with Gasteiger partial charge in [-0.15, -0.1) is 0 Å². The highest BCUT2D eigenvalue weighted by Crippen LogP contribution is 2.60. The molecule has 110 heavy (non-hydrogen) atoms. The number of rotatable bonds is 15. The first-order valence-electron chi connectivity index (χ1n) is 37.2. The van der Waals surface area contributed by atoms with Gasteiger partial charge in [0, 0.05) is 43.1 Å². The molecule has 0 spiro atoms. The summed E-state index contributed by atoms with van der Waals surface area (Å²) in [6.45, 7) is 0. The average molecular weight is 1540 g/mol. The van der Waals surface area contributed by atoms with Crippen molar-refractivity contribution in [1.29, 1.82) is 0 Å². The van der Waals surface area contributed by atoms with Crippen LogP contribution in [0.4, 0.5) is 34.1 Å². The van der Waals surface area contributed by atoms with E-state index in [-0.39, 0.29) is 12.8 Å². The first-order chi connectivity index (χ1) is 53.9. The van der Waals surface area contributed by atoms with E-state index >= 15 is 0 Å². The van der Waals surface area contributed by atoms with Gasteiger partial charge in [0.2, 0.25) is 0 Å². The fourth-order valence-corrected chi connectivity index (χ4v) is 17.1. The summed E-state index contributed by atoms with van der Waals surface area (Å²) in [5.41, 5.74) is 30.9. The summed E-state index contributed by atoms with van der Waals surface area (Å²) in [6, 6.07) is 162. The van der Waals surface area contributed by atoms with Gasteiger partial charge in [-0.25, -0.2) is 0 Å². The first-order valence-corrected chi connectivity index (χ1v) is 38.8. The molecule has 0 unspecified atom stereocenters. The van der Waals surface area contributed by atoms with E-state index in [1.165, 1.54) is 111 Å². The fourth-order valence-electron chi connectivity index (χ4n) is 16.4. The molecule has 2 aliphatic rings. The van der Waals surface area contributed by atoms with Gasteiger partial charge in [-0.2, -0.15) is 0 Å². The van der Waals surface area contributed by atoms with Crippen molar-refractivity contribution in [2.45, 2.75) is 24.7 Å². The van der Waals surface area contributed by atoms with Crippen LogP contribution in [0.5, 0.6) is 0 Å². The first kappa shape index (κ1) is 71.5. The van der Waals surface area contributed by atoms with Gasteiger partial charge in [-0.1, -0.05) is 391 Å². The maximum Gasteiger partial charge on any atom is 0.0715 e. The van der Waals surface area contributed by atoms with Gasteiger partial charge in [-0.05, 0) is 215 Å². The van der Waals surface area contributed by atoms with E-state index in [0.29, 0.717) is 0 Å². The minimum Gasteiger partial charge on any atom is -0.310 e. The van der Waals surface area contributed by atoms with Crippen LogP contribution in [0.3, 0.4) is 0 Å². The van der Waals surface area contributed by atoms with Crippen LogP contribution in [-0.4, -0.2) is 0 Å². The summed E-state index contributed by atoms with van der Waals surface area (Å²) in [4.78, 5) is 4.78. The third-order valence-corrected chi connectivity index (χ3v) is 22.3. The summed E-state index contributed by atoms with van der Waals surface area (Å²) in [5.74, 6) is 0. The third-order valence-electron chi connectivity index (χ3n) is 21.3. The molecule has 0 N–H and O–H groups in total. The lowest BCUT2D eigenvalue weighted by Crippen LogP contribution is -2.29. The molecule has 2 nitrogen and oxygen atoms in total. The summed E-state index contributed by atoms with van der Waals surface area (Å²) < 4.78 is 2.20. The SMILES string of the molecule is Brc1ccc2c(c1)C(c1ccccc1)(c1ccccc1)c1cc(Br)ccc1-2.C.c1ccc(-c2ccc(N(c3ccccc3)c3ccc4c(c3)C(c3ccccc3)(c3ccccc3)c3cc(N(c5ccccc5)c5ccc(-c6ccccc6)cc5)ccc3-4)cc2)cc1.c1ccc(Cc2ccc(-c3ccccc3)cc2)cc1. The molecule has 0 fully saturated rings.